The summed E-state index contributed by atoms with van der Waals surface area (Å²) in [7, 11) is 0. The van der Waals surface area contributed by atoms with E-state index in [0.29, 0.717) is 21.9 Å². The lowest BCUT2D eigenvalue weighted by Crippen LogP contribution is -2.00. The Morgan fingerprint density at radius 2 is 2.10 bits per heavy atom. The van der Waals surface area contributed by atoms with Gasteiger partial charge >= 0.3 is 0 Å². The van der Waals surface area contributed by atoms with Gasteiger partial charge in [0.15, 0.2) is 0 Å². The summed E-state index contributed by atoms with van der Waals surface area (Å²) in [4.78, 5) is 0. The van der Waals surface area contributed by atoms with Gasteiger partial charge in [0, 0.05) is 5.56 Å². The Labute approximate surface area is 120 Å². The van der Waals surface area contributed by atoms with Crippen LogP contribution >= 0.6 is 11.6 Å². The number of hydrogen-bond acceptors (Lipinski definition) is 3. The summed E-state index contributed by atoms with van der Waals surface area (Å²) in [6.07, 6.45) is 0. The Balaban J connectivity index is 2.19. The van der Waals surface area contributed by atoms with E-state index in [0.717, 1.165) is 0 Å². The van der Waals surface area contributed by atoms with Gasteiger partial charge in [0.05, 0.1) is 17.2 Å². The highest BCUT2D eigenvalue weighted by atomic mass is 35.5. The molecule has 20 heavy (non-hydrogen) atoms. The minimum absolute atomic E-state index is 0.0346. The molecule has 0 heterocycles. The zero-order valence-corrected chi connectivity index (χ0v) is 11.2. The number of aliphatic hydroxyl groups is 1. The van der Waals surface area contributed by atoms with Crippen molar-refractivity contribution in [3.05, 3.63) is 63.9 Å². The van der Waals surface area contributed by atoms with Crippen molar-refractivity contribution in [1.29, 1.82) is 5.26 Å². The maximum Gasteiger partial charge on any atom is 0.143 e. The van der Waals surface area contributed by atoms with Crippen LogP contribution in [-0.2, 0) is 13.2 Å². The molecule has 2 aromatic carbocycles. The van der Waals surface area contributed by atoms with E-state index in [1.54, 1.807) is 24.3 Å². The van der Waals surface area contributed by atoms with Crippen molar-refractivity contribution in [3.63, 3.8) is 0 Å². The Bertz CT molecular complexity index is 667. The molecule has 0 saturated heterocycles. The lowest BCUT2D eigenvalue weighted by atomic mass is 10.1. The van der Waals surface area contributed by atoms with E-state index in [9.17, 15) is 9.50 Å². The first kappa shape index (κ1) is 14.3. The molecule has 0 amide bonds. The fourth-order valence-corrected chi connectivity index (χ4v) is 1.99. The molecule has 2 aromatic rings. The largest absolute Gasteiger partial charge is 0.487 e. The first-order valence-electron chi connectivity index (χ1n) is 5.85. The van der Waals surface area contributed by atoms with E-state index in [-0.39, 0.29) is 18.8 Å². The molecule has 0 fully saturated rings. The highest BCUT2D eigenvalue weighted by Gasteiger charge is 2.09. The number of halogens is 2. The summed E-state index contributed by atoms with van der Waals surface area (Å²) in [6.45, 7) is -0.0611. The van der Waals surface area contributed by atoms with E-state index in [2.05, 4.69) is 0 Å². The zero-order valence-electron chi connectivity index (χ0n) is 10.4. The van der Waals surface area contributed by atoms with Gasteiger partial charge in [-0.05, 0) is 23.8 Å². The van der Waals surface area contributed by atoms with E-state index in [1.165, 1.54) is 18.2 Å². The number of rotatable bonds is 4. The minimum Gasteiger partial charge on any atom is -0.487 e. The predicted molar refractivity (Wildman–Crippen MR) is 72.8 cm³/mol. The van der Waals surface area contributed by atoms with Gasteiger partial charge in [-0.1, -0.05) is 29.8 Å². The molecule has 102 valence electrons. The van der Waals surface area contributed by atoms with Gasteiger partial charge in [-0.25, -0.2) is 4.39 Å². The van der Waals surface area contributed by atoms with Crippen LogP contribution in [0.5, 0.6) is 5.75 Å². The SMILES string of the molecule is N#Cc1cc(COc2c(Cl)cccc2CO)ccc1F. The first-order chi connectivity index (χ1) is 9.65. The average Bonchev–Trinajstić information content (AvgIpc) is 2.47. The number of ether oxygens (including phenoxy) is 1. The second kappa shape index (κ2) is 6.38. The summed E-state index contributed by atoms with van der Waals surface area (Å²) in [5.74, 6) is -0.176. The van der Waals surface area contributed by atoms with E-state index >= 15 is 0 Å². The second-order valence-electron chi connectivity index (χ2n) is 4.10. The number of para-hydroxylation sites is 1. The second-order valence-corrected chi connectivity index (χ2v) is 4.51. The van der Waals surface area contributed by atoms with Crippen molar-refractivity contribution in [3.8, 4) is 11.8 Å². The summed E-state index contributed by atoms with van der Waals surface area (Å²) in [5, 5.41) is 18.4. The smallest absolute Gasteiger partial charge is 0.143 e. The van der Waals surface area contributed by atoms with Crippen molar-refractivity contribution >= 4 is 11.6 Å². The maximum atomic E-state index is 13.2. The molecule has 0 aliphatic carbocycles. The van der Waals surface area contributed by atoms with Crippen LogP contribution in [0.4, 0.5) is 4.39 Å². The lowest BCUT2D eigenvalue weighted by molar-refractivity contribution is 0.259. The number of nitriles is 1. The number of hydrogen-bond donors (Lipinski definition) is 1. The Morgan fingerprint density at radius 1 is 1.30 bits per heavy atom. The number of nitrogens with zero attached hydrogens (tertiary/aromatic N) is 1. The van der Waals surface area contributed by atoms with E-state index in [1.807, 2.05) is 0 Å². The van der Waals surface area contributed by atoms with E-state index in [4.69, 9.17) is 21.6 Å². The van der Waals surface area contributed by atoms with Crippen LogP contribution in [0.25, 0.3) is 0 Å². The minimum atomic E-state index is -0.565. The summed E-state index contributed by atoms with van der Waals surface area (Å²) < 4.78 is 18.8. The van der Waals surface area contributed by atoms with Crippen LogP contribution in [0.2, 0.25) is 5.02 Å². The van der Waals surface area contributed by atoms with Crippen LogP contribution in [0.1, 0.15) is 16.7 Å². The molecule has 0 aliphatic heterocycles. The molecule has 0 aromatic heterocycles. The molecule has 0 radical (unpaired) electrons. The molecule has 5 heteroatoms. The van der Waals surface area contributed by atoms with Gasteiger partial charge in [-0.2, -0.15) is 5.26 Å². The molecule has 0 bridgehead atoms. The van der Waals surface area contributed by atoms with Crippen LogP contribution in [-0.4, -0.2) is 5.11 Å². The van der Waals surface area contributed by atoms with Crippen molar-refractivity contribution in [2.45, 2.75) is 13.2 Å². The van der Waals surface area contributed by atoms with Crippen LogP contribution in [0.15, 0.2) is 36.4 Å². The zero-order chi connectivity index (χ0) is 14.5. The molecule has 0 atom stereocenters. The first-order valence-corrected chi connectivity index (χ1v) is 6.23. The van der Waals surface area contributed by atoms with E-state index < -0.39 is 5.82 Å². The average molecular weight is 292 g/mol. The highest BCUT2D eigenvalue weighted by Crippen LogP contribution is 2.29. The number of benzene rings is 2. The van der Waals surface area contributed by atoms with Gasteiger partial charge in [0.2, 0.25) is 0 Å². The molecular weight excluding hydrogens is 281 g/mol. The highest BCUT2D eigenvalue weighted by molar-refractivity contribution is 6.32. The van der Waals surface area contributed by atoms with Gasteiger partial charge in [-0.15, -0.1) is 0 Å². The molecule has 0 aliphatic rings. The molecule has 0 saturated carbocycles. The van der Waals surface area contributed by atoms with Gasteiger partial charge in [-0.3, -0.25) is 0 Å². The fraction of sp³-hybridized carbons (Fsp3) is 0.133. The number of aliphatic hydroxyl groups excluding tert-OH is 1. The predicted octanol–water partition coefficient (Wildman–Crippen LogP) is 3.42. The topological polar surface area (TPSA) is 53.2 Å². The van der Waals surface area contributed by atoms with Crippen molar-refractivity contribution < 1.29 is 14.2 Å². The Hall–Kier alpha value is -2.09. The molecule has 0 unspecified atom stereocenters. The third kappa shape index (κ3) is 3.08. The quantitative estimate of drug-likeness (QED) is 0.939. The van der Waals surface area contributed by atoms with Crippen molar-refractivity contribution in [2.24, 2.45) is 0 Å². The van der Waals surface area contributed by atoms with Crippen molar-refractivity contribution in [2.75, 3.05) is 0 Å². The Morgan fingerprint density at radius 3 is 2.80 bits per heavy atom. The standard InChI is InChI=1S/C15H11ClFNO2/c16-13-3-1-2-11(8-19)15(13)20-9-10-4-5-14(17)12(6-10)7-18/h1-6,19H,8-9H2. The van der Waals surface area contributed by atoms with Gasteiger partial charge in [0.1, 0.15) is 24.2 Å². The molecule has 2 rings (SSSR count). The monoisotopic (exact) mass is 291 g/mol. The van der Waals surface area contributed by atoms with Gasteiger partial charge in [0.25, 0.3) is 0 Å². The molecule has 0 spiro atoms. The molecular formula is C15H11ClFNO2. The summed E-state index contributed by atoms with van der Waals surface area (Å²) in [6, 6.07) is 11.0. The fourth-order valence-electron chi connectivity index (χ4n) is 1.74. The lowest BCUT2D eigenvalue weighted by Gasteiger charge is -2.12. The maximum absolute atomic E-state index is 13.2. The Kier molecular flexibility index (Phi) is 4.57. The third-order valence-corrected chi connectivity index (χ3v) is 3.05. The summed E-state index contributed by atoms with van der Waals surface area (Å²) >= 11 is 6.01. The van der Waals surface area contributed by atoms with Crippen LogP contribution < -0.4 is 4.74 Å². The summed E-state index contributed by atoms with van der Waals surface area (Å²) in [5.41, 5.74) is 1.18. The third-order valence-electron chi connectivity index (χ3n) is 2.75. The molecule has 3 nitrogen and oxygen atoms in total. The normalized spacial score (nSPS) is 10.1. The van der Waals surface area contributed by atoms with Crippen LogP contribution in [0, 0.1) is 17.1 Å². The van der Waals surface area contributed by atoms with Crippen LogP contribution in [0.3, 0.4) is 0 Å². The van der Waals surface area contributed by atoms with Crippen molar-refractivity contribution in [1.82, 2.24) is 0 Å². The van der Waals surface area contributed by atoms with Gasteiger partial charge < -0.3 is 9.84 Å². The molecule has 1 N–H and O–H groups in total.